The number of rotatable bonds is 5. The highest BCUT2D eigenvalue weighted by Gasteiger charge is 2.51. The van der Waals surface area contributed by atoms with E-state index >= 15 is 0 Å². The third-order valence-electron chi connectivity index (χ3n) is 4.23. The van der Waals surface area contributed by atoms with E-state index in [0.29, 0.717) is 30.8 Å². The molecule has 0 bridgehead atoms. The highest BCUT2D eigenvalue weighted by atomic mass is 19.4. The van der Waals surface area contributed by atoms with Crippen molar-refractivity contribution < 1.29 is 31.9 Å². The number of hydrogen-bond donors (Lipinski definition) is 3. The molecule has 0 radical (unpaired) electrons. The summed E-state index contributed by atoms with van der Waals surface area (Å²) in [4.78, 5) is 22.7. The summed E-state index contributed by atoms with van der Waals surface area (Å²) in [5, 5.41) is 11.3. The number of benzene rings is 1. The van der Waals surface area contributed by atoms with E-state index in [1.807, 2.05) is 0 Å². The van der Waals surface area contributed by atoms with Gasteiger partial charge in [-0.05, 0) is 38.5 Å². The van der Waals surface area contributed by atoms with E-state index < -0.39 is 23.6 Å². The molecule has 0 saturated heterocycles. The maximum Gasteiger partial charge on any atom is 0.434 e. The van der Waals surface area contributed by atoms with Crippen LogP contribution in [0.5, 0.6) is 5.75 Å². The molecule has 1 amide bonds. The minimum absolute atomic E-state index is 0.208. The number of halogens is 3. The average molecular weight is 416 g/mol. The lowest BCUT2D eigenvalue weighted by molar-refractivity contribution is -0.242. The van der Waals surface area contributed by atoms with Crippen LogP contribution in [-0.2, 0) is 11.2 Å². The van der Waals surface area contributed by atoms with Crippen molar-refractivity contribution in [2.75, 3.05) is 17.2 Å². The van der Waals surface area contributed by atoms with Gasteiger partial charge in [-0.25, -0.2) is 14.7 Å². The van der Waals surface area contributed by atoms with Gasteiger partial charge < -0.3 is 19.2 Å². The van der Waals surface area contributed by atoms with Crippen LogP contribution in [0.4, 0.5) is 29.3 Å². The molecule has 0 saturated carbocycles. The van der Waals surface area contributed by atoms with Crippen molar-refractivity contribution in [1.82, 2.24) is 10.2 Å². The third kappa shape index (κ3) is 5.00. The van der Waals surface area contributed by atoms with Gasteiger partial charge in [-0.1, -0.05) is 0 Å². The Balaban J connectivity index is 1.56. The fraction of sp³-hybridized carbons (Fsp3) is 0.471. The lowest BCUT2D eigenvalue weighted by Gasteiger charge is -2.28. The summed E-state index contributed by atoms with van der Waals surface area (Å²) in [5.41, 5.74) is -1.80. The summed E-state index contributed by atoms with van der Waals surface area (Å²) < 4.78 is 53.6. The SMILES string of the molecule is CC(C)(OC(=O)Nc1ccc2c(c1)NCC(CCc1n[nH]c(=O)o1)O2)C(F)(F)F. The van der Waals surface area contributed by atoms with Crippen LogP contribution in [0.15, 0.2) is 27.4 Å². The van der Waals surface area contributed by atoms with Crippen LogP contribution in [0.2, 0.25) is 0 Å². The molecule has 29 heavy (non-hydrogen) atoms. The summed E-state index contributed by atoms with van der Waals surface area (Å²) in [6.45, 7) is 1.98. The number of nitrogens with one attached hydrogen (secondary N) is 3. The first kappa shape index (κ1) is 20.6. The summed E-state index contributed by atoms with van der Waals surface area (Å²) in [6, 6.07) is 4.59. The third-order valence-corrected chi connectivity index (χ3v) is 4.23. The number of alkyl halides is 3. The fourth-order valence-corrected chi connectivity index (χ4v) is 2.54. The molecule has 0 fully saturated rings. The Kier molecular flexibility index (Phi) is 5.44. The van der Waals surface area contributed by atoms with Gasteiger partial charge in [0.2, 0.25) is 11.5 Å². The topological polar surface area (TPSA) is 118 Å². The number of fused-ring (bicyclic) bond motifs is 1. The van der Waals surface area contributed by atoms with Crippen molar-refractivity contribution in [3.63, 3.8) is 0 Å². The molecule has 2 heterocycles. The second kappa shape index (κ2) is 7.68. The van der Waals surface area contributed by atoms with Crippen LogP contribution in [0.3, 0.4) is 0 Å². The first-order valence-electron chi connectivity index (χ1n) is 8.69. The highest BCUT2D eigenvalue weighted by molar-refractivity contribution is 5.86. The van der Waals surface area contributed by atoms with Crippen LogP contribution in [0, 0.1) is 0 Å². The number of amides is 1. The molecule has 1 atom stereocenters. The number of carbonyl (C=O) groups is 1. The lowest BCUT2D eigenvalue weighted by Crippen LogP contribution is -2.44. The second-order valence-electron chi connectivity index (χ2n) is 6.90. The van der Waals surface area contributed by atoms with Crippen molar-refractivity contribution in [2.45, 2.75) is 44.6 Å². The zero-order chi connectivity index (χ0) is 21.2. The monoisotopic (exact) mass is 416 g/mol. The van der Waals surface area contributed by atoms with Crippen molar-refractivity contribution in [3.8, 4) is 5.75 Å². The van der Waals surface area contributed by atoms with Gasteiger partial charge in [-0.2, -0.15) is 13.2 Å². The van der Waals surface area contributed by atoms with E-state index in [1.54, 1.807) is 6.07 Å². The Morgan fingerprint density at radius 3 is 2.79 bits per heavy atom. The number of anilines is 2. The number of nitrogens with zero attached hydrogens (tertiary/aromatic N) is 1. The molecule has 3 rings (SSSR count). The van der Waals surface area contributed by atoms with Crippen LogP contribution < -0.4 is 21.1 Å². The first-order chi connectivity index (χ1) is 13.5. The van der Waals surface area contributed by atoms with Crippen molar-refractivity contribution in [1.29, 1.82) is 0 Å². The lowest BCUT2D eigenvalue weighted by atomic mass is 10.1. The normalized spacial score (nSPS) is 16.4. The number of ether oxygens (including phenoxy) is 2. The number of aromatic amines is 1. The maximum atomic E-state index is 12.8. The molecule has 9 nitrogen and oxygen atoms in total. The molecule has 12 heteroatoms. The van der Waals surface area contributed by atoms with E-state index in [1.165, 1.54) is 12.1 Å². The van der Waals surface area contributed by atoms with Gasteiger partial charge in [-0.15, -0.1) is 5.10 Å². The smallest absolute Gasteiger partial charge is 0.434 e. The Bertz CT molecular complexity index is 938. The molecule has 1 unspecified atom stereocenters. The van der Waals surface area contributed by atoms with E-state index in [9.17, 15) is 22.8 Å². The van der Waals surface area contributed by atoms with Crippen molar-refractivity contribution in [2.24, 2.45) is 0 Å². The van der Waals surface area contributed by atoms with Crippen molar-refractivity contribution >= 4 is 17.5 Å². The predicted molar refractivity (Wildman–Crippen MR) is 95.0 cm³/mol. The number of carbonyl (C=O) groups excluding carboxylic acids is 1. The summed E-state index contributed by atoms with van der Waals surface area (Å²) in [7, 11) is 0. The molecule has 2 aromatic rings. The number of H-pyrrole nitrogens is 1. The Hall–Kier alpha value is -3.18. The highest BCUT2D eigenvalue weighted by Crippen LogP contribution is 2.35. The molecule has 1 aliphatic heterocycles. The van der Waals surface area contributed by atoms with Gasteiger partial charge in [0, 0.05) is 12.1 Å². The zero-order valence-electron chi connectivity index (χ0n) is 15.6. The number of hydrogen-bond acceptors (Lipinski definition) is 7. The van der Waals surface area contributed by atoms with Gasteiger partial charge in [-0.3, -0.25) is 5.32 Å². The summed E-state index contributed by atoms with van der Waals surface area (Å²) >= 11 is 0. The maximum absolute atomic E-state index is 12.8. The minimum Gasteiger partial charge on any atom is -0.486 e. The largest absolute Gasteiger partial charge is 0.486 e. The second-order valence-corrected chi connectivity index (χ2v) is 6.90. The molecule has 0 spiro atoms. The standard InChI is InChI=1S/C17H19F3N4O5/c1-16(2,17(18,19)20)29-14(25)22-9-3-5-12-11(7-9)21-8-10(27-12)4-6-13-23-24-15(26)28-13/h3,5,7,10,21H,4,6,8H2,1-2H3,(H,22,25)(H,24,26). The van der Waals surface area contributed by atoms with E-state index in [-0.39, 0.29) is 17.7 Å². The quantitative estimate of drug-likeness (QED) is 0.685. The molecular formula is C17H19F3N4O5. The molecular weight excluding hydrogens is 397 g/mol. The van der Waals surface area contributed by atoms with E-state index in [0.717, 1.165) is 13.8 Å². The van der Waals surface area contributed by atoms with Gasteiger partial charge in [0.25, 0.3) is 0 Å². The minimum atomic E-state index is -4.69. The number of aromatic nitrogens is 2. The Morgan fingerprint density at radius 2 is 2.14 bits per heavy atom. The average Bonchev–Trinajstić information content (AvgIpc) is 3.03. The summed E-state index contributed by atoms with van der Waals surface area (Å²) in [6.07, 6.45) is -5.17. The van der Waals surface area contributed by atoms with Crippen LogP contribution >= 0.6 is 0 Å². The molecule has 1 aromatic heterocycles. The van der Waals surface area contributed by atoms with Gasteiger partial charge >= 0.3 is 18.0 Å². The first-order valence-corrected chi connectivity index (χ1v) is 8.69. The number of aryl methyl sites for hydroxylation is 1. The van der Waals surface area contributed by atoms with Crippen LogP contribution in [0.25, 0.3) is 0 Å². The Labute approximate surface area is 162 Å². The summed E-state index contributed by atoms with van der Waals surface area (Å²) in [5.74, 6) is 0.175. The molecule has 0 aliphatic carbocycles. The Morgan fingerprint density at radius 1 is 1.38 bits per heavy atom. The zero-order valence-corrected chi connectivity index (χ0v) is 15.6. The molecule has 158 valence electrons. The van der Waals surface area contributed by atoms with Crippen LogP contribution in [-0.4, -0.2) is 40.7 Å². The van der Waals surface area contributed by atoms with E-state index in [4.69, 9.17) is 9.15 Å². The van der Waals surface area contributed by atoms with Crippen molar-refractivity contribution in [3.05, 3.63) is 34.6 Å². The molecule has 1 aromatic carbocycles. The van der Waals surface area contributed by atoms with E-state index in [2.05, 4.69) is 25.6 Å². The molecule has 1 aliphatic rings. The van der Waals surface area contributed by atoms with Gasteiger partial charge in [0.1, 0.15) is 11.9 Å². The molecule has 3 N–H and O–H groups in total. The van der Waals surface area contributed by atoms with Gasteiger partial charge in [0.15, 0.2) is 0 Å². The van der Waals surface area contributed by atoms with Gasteiger partial charge in [0.05, 0.1) is 12.2 Å². The predicted octanol–water partition coefficient (Wildman–Crippen LogP) is 3.06. The fourth-order valence-electron chi connectivity index (χ4n) is 2.54. The van der Waals surface area contributed by atoms with Crippen LogP contribution in [0.1, 0.15) is 26.2 Å².